The Balaban J connectivity index is 1.94. The van der Waals surface area contributed by atoms with Crippen molar-refractivity contribution in [2.75, 3.05) is 38.3 Å². The molecule has 0 bridgehead atoms. The van der Waals surface area contributed by atoms with Gasteiger partial charge in [-0.25, -0.2) is 16.8 Å². The topological polar surface area (TPSA) is 101 Å². The van der Waals surface area contributed by atoms with E-state index in [-0.39, 0.29) is 41.3 Å². The van der Waals surface area contributed by atoms with Crippen LogP contribution in [0.3, 0.4) is 0 Å². The summed E-state index contributed by atoms with van der Waals surface area (Å²) in [5.41, 5.74) is 0. The zero-order valence-electron chi connectivity index (χ0n) is 13.0. The van der Waals surface area contributed by atoms with Crippen LogP contribution in [0.2, 0.25) is 0 Å². The van der Waals surface area contributed by atoms with Gasteiger partial charge < -0.3 is 9.64 Å². The van der Waals surface area contributed by atoms with Crippen LogP contribution in [0.5, 0.6) is 0 Å². The molecule has 0 radical (unpaired) electrons. The lowest BCUT2D eigenvalue weighted by atomic mass is 10.1. The van der Waals surface area contributed by atoms with E-state index in [1.807, 2.05) is 0 Å². The number of sulfone groups is 1. The van der Waals surface area contributed by atoms with E-state index >= 15 is 0 Å². The van der Waals surface area contributed by atoms with Gasteiger partial charge in [0.25, 0.3) is 10.0 Å². The van der Waals surface area contributed by atoms with Crippen LogP contribution >= 0.6 is 11.3 Å². The number of rotatable bonds is 4. The Morgan fingerprint density at radius 3 is 2.67 bits per heavy atom. The number of carbonyl (C=O) groups excluding carboxylic acids is 1. The van der Waals surface area contributed by atoms with Crippen molar-refractivity contribution in [2.24, 2.45) is 0 Å². The lowest BCUT2D eigenvalue weighted by Crippen LogP contribution is -2.62. The van der Waals surface area contributed by atoms with Crippen LogP contribution < -0.4 is 0 Å². The number of amides is 1. The van der Waals surface area contributed by atoms with E-state index < -0.39 is 31.9 Å². The van der Waals surface area contributed by atoms with E-state index in [9.17, 15) is 21.6 Å². The molecule has 8 nitrogen and oxygen atoms in total. The summed E-state index contributed by atoms with van der Waals surface area (Å²) in [6.45, 7) is 0.0802. The minimum atomic E-state index is -3.77. The first-order valence-corrected chi connectivity index (χ1v) is 11.4. The van der Waals surface area contributed by atoms with Gasteiger partial charge in [-0.15, -0.1) is 11.3 Å². The molecule has 0 aliphatic carbocycles. The van der Waals surface area contributed by atoms with Gasteiger partial charge in [-0.3, -0.25) is 4.79 Å². The van der Waals surface area contributed by atoms with E-state index in [1.54, 1.807) is 11.4 Å². The highest BCUT2D eigenvalue weighted by Gasteiger charge is 2.51. The van der Waals surface area contributed by atoms with Gasteiger partial charge in [-0.05, 0) is 11.4 Å². The molecule has 1 amide bonds. The smallest absolute Gasteiger partial charge is 0.252 e. The van der Waals surface area contributed by atoms with Crippen molar-refractivity contribution in [3.8, 4) is 0 Å². The van der Waals surface area contributed by atoms with Crippen LogP contribution in [0.1, 0.15) is 0 Å². The Bertz CT molecular complexity index is 818. The minimum Gasteiger partial charge on any atom is -0.375 e. The maximum Gasteiger partial charge on any atom is 0.252 e. The highest BCUT2D eigenvalue weighted by molar-refractivity contribution is 7.92. The Labute approximate surface area is 145 Å². The van der Waals surface area contributed by atoms with Gasteiger partial charge in [0.2, 0.25) is 5.91 Å². The molecule has 0 unspecified atom stereocenters. The fraction of sp³-hybridized carbons (Fsp3) is 0.615. The lowest BCUT2D eigenvalue weighted by molar-refractivity contribution is -0.139. The molecule has 0 spiro atoms. The number of piperazine rings is 1. The predicted molar refractivity (Wildman–Crippen MR) is 88.0 cm³/mol. The molecule has 2 saturated heterocycles. The van der Waals surface area contributed by atoms with Crippen molar-refractivity contribution in [1.29, 1.82) is 0 Å². The fourth-order valence-corrected chi connectivity index (χ4v) is 8.10. The summed E-state index contributed by atoms with van der Waals surface area (Å²) in [6, 6.07) is 1.72. The largest absolute Gasteiger partial charge is 0.375 e. The fourth-order valence-electron chi connectivity index (χ4n) is 3.26. The number of thiophene rings is 1. The number of fused-ring (bicyclic) bond motifs is 1. The van der Waals surface area contributed by atoms with Gasteiger partial charge >= 0.3 is 0 Å². The molecular weight excluding hydrogens is 376 g/mol. The minimum absolute atomic E-state index is 0.0758. The summed E-state index contributed by atoms with van der Waals surface area (Å²) in [7, 11) is -5.79. The second kappa shape index (κ2) is 6.37. The molecular formula is C13H18N2O6S3. The van der Waals surface area contributed by atoms with Crippen LogP contribution in [-0.4, -0.2) is 82.3 Å². The number of hydrogen-bond acceptors (Lipinski definition) is 7. The molecule has 24 heavy (non-hydrogen) atoms. The zero-order chi connectivity index (χ0) is 17.5. The van der Waals surface area contributed by atoms with Gasteiger partial charge in [0.1, 0.15) is 10.8 Å². The zero-order valence-corrected chi connectivity index (χ0v) is 15.4. The molecule has 134 valence electrons. The van der Waals surface area contributed by atoms with Crippen molar-refractivity contribution in [3.63, 3.8) is 0 Å². The summed E-state index contributed by atoms with van der Waals surface area (Å²) < 4.78 is 56.1. The standard InChI is InChI=1S/C13H18N2O6S3/c1-21-7-12(16)14-4-5-15(11-9-23(17,18)8-10(11)14)24(19,20)13-3-2-6-22-13/h2-3,6,10-11H,4-5,7-9H2,1H3/t10-,11+/m0/s1. The monoisotopic (exact) mass is 394 g/mol. The van der Waals surface area contributed by atoms with Gasteiger partial charge in [0, 0.05) is 20.2 Å². The Kier molecular flexibility index (Phi) is 4.73. The maximum atomic E-state index is 12.8. The van der Waals surface area contributed by atoms with Crippen molar-refractivity contribution in [1.82, 2.24) is 9.21 Å². The quantitative estimate of drug-likeness (QED) is 0.675. The Hall–Kier alpha value is -1.01. The average Bonchev–Trinajstić information content (AvgIpc) is 3.12. The number of methoxy groups -OCH3 is 1. The van der Waals surface area contributed by atoms with Crippen molar-refractivity contribution >= 4 is 37.1 Å². The number of ether oxygens (including phenoxy) is 1. The first kappa shape index (κ1) is 17.8. The number of sulfonamides is 1. The van der Waals surface area contributed by atoms with Crippen LogP contribution in [-0.2, 0) is 29.4 Å². The summed E-state index contributed by atoms with van der Waals surface area (Å²) in [4.78, 5) is 13.6. The SMILES string of the molecule is COCC(=O)N1CCN(S(=O)(=O)c2cccs2)[C@@H]2CS(=O)(=O)C[C@@H]21. The van der Waals surface area contributed by atoms with Crippen molar-refractivity contribution in [2.45, 2.75) is 16.3 Å². The maximum absolute atomic E-state index is 12.8. The van der Waals surface area contributed by atoms with Crippen molar-refractivity contribution < 1.29 is 26.4 Å². The van der Waals surface area contributed by atoms with Crippen molar-refractivity contribution in [3.05, 3.63) is 17.5 Å². The highest BCUT2D eigenvalue weighted by atomic mass is 32.2. The summed E-state index contributed by atoms with van der Waals surface area (Å²) in [5, 5.41) is 1.66. The van der Waals surface area contributed by atoms with Crippen LogP contribution in [0.25, 0.3) is 0 Å². The summed E-state index contributed by atoms with van der Waals surface area (Å²) in [6.07, 6.45) is 0. The third-order valence-electron chi connectivity index (χ3n) is 4.27. The van der Waals surface area contributed by atoms with Gasteiger partial charge in [-0.1, -0.05) is 6.07 Å². The first-order valence-electron chi connectivity index (χ1n) is 7.30. The number of nitrogens with zero attached hydrogens (tertiary/aromatic N) is 2. The number of hydrogen-bond donors (Lipinski definition) is 0. The summed E-state index contributed by atoms with van der Waals surface area (Å²) >= 11 is 1.09. The molecule has 0 aromatic carbocycles. The molecule has 3 heterocycles. The molecule has 2 fully saturated rings. The van der Waals surface area contributed by atoms with E-state index in [1.165, 1.54) is 22.4 Å². The molecule has 1 aromatic rings. The summed E-state index contributed by atoms with van der Waals surface area (Å²) in [5.74, 6) is -0.805. The Morgan fingerprint density at radius 2 is 2.04 bits per heavy atom. The molecule has 1 aromatic heterocycles. The third-order valence-corrected chi connectivity index (χ3v) is 9.27. The molecule has 0 saturated carbocycles. The molecule has 2 aliphatic heterocycles. The third kappa shape index (κ3) is 3.10. The van der Waals surface area contributed by atoms with Gasteiger partial charge in [-0.2, -0.15) is 4.31 Å². The van der Waals surface area contributed by atoms with Crippen LogP contribution in [0, 0.1) is 0 Å². The van der Waals surface area contributed by atoms with E-state index in [2.05, 4.69) is 0 Å². The molecule has 2 atom stereocenters. The van der Waals surface area contributed by atoms with Crippen LogP contribution in [0.4, 0.5) is 0 Å². The Morgan fingerprint density at radius 1 is 1.33 bits per heavy atom. The molecule has 11 heteroatoms. The molecule has 0 N–H and O–H groups in total. The van der Waals surface area contributed by atoms with Crippen LogP contribution in [0.15, 0.2) is 21.7 Å². The second-order valence-electron chi connectivity index (χ2n) is 5.78. The normalized spacial score (nSPS) is 27.1. The molecule has 2 aliphatic rings. The lowest BCUT2D eigenvalue weighted by Gasteiger charge is -2.42. The van der Waals surface area contributed by atoms with Gasteiger partial charge in [0.15, 0.2) is 9.84 Å². The van der Waals surface area contributed by atoms with E-state index in [4.69, 9.17) is 4.74 Å². The molecule has 3 rings (SSSR count). The van der Waals surface area contributed by atoms with Gasteiger partial charge in [0.05, 0.1) is 23.6 Å². The van der Waals surface area contributed by atoms with E-state index in [0.29, 0.717) is 0 Å². The predicted octanol–water partition coefficient (Wildman–Crippen LogP) is -0.607. The first-order chi connectivity index (χ1) is 11.3. The second-order valence-corrected chi connectivity index (χ2v) is 11.0. The number of carbonyl (C=O) groups is 1. The highest BCUT2D eigenvalue weighted by Crippen LogP contribution is 2.32. The average molecular weight is 394 g/mol. The van der Waals surface area contributed by atoms with E-state index in [0.717, 1.165) is 11.3 Å².